The number of aliphatic hydroxyl groups is 4. The van der Waals surface area contributed by atoms with Crippen molar-refractivity contribution in [2.45, 2.75) is 62.4 Å². The number of hydrogen-bond acceptors (Lipinski definition) is 10. The van der Waals surface area contributed by atoms with Gasteiger partial charge in [0.25, 0.3) is 0 Å². The van der Waals surface area contributed by atoms with Crippen molar-refractivity contribution in [1.82, 2.24) is 0 Å². The minimum Gasteiger partial charge on any atom is -0.465 e. The van der Waals surface area contributed by atoms with Gasteiger partial charge in [-0.1, -0.05) is 0 Å². The van der Waals surface area contributed by atoms with E-state index in [1.54, 1.807) is 24.3 Å². The second-order valence-electron chi connectivity index (χ2n) is 6.87. The Bertz CT molecular complexity index is 601. The molecule has 2 heterocycles. The van der Waals surface area contributed by atoms with E-state index in [0.29, 0.717) is 24.3 Å². The normalized spacial score (nSPS) is 36.1. The second kappa shape index (κ2) is 9.81. The summed E-state index contributed by atoms with van der Waals surface area (Å²) in [5, 5.41) is 47.9. The Hall–Kier alpha value is -1.50. The van der Waals surface area contributed by atoms with Gasteiger partial charge in [0, 0.05) is 12.8 Å². The molecule has 2 saturated heterocycles. The lowest BCUT2D eigenvalue weighted by Gasteiger charge is -2.41. The first kappa shape index (κ1) is 21.2. The molecule has 2 fully saturated rings. The number of benzene rings is 1. The SMILES string of the molecule is OCC1OC(OC2C[C@@H](Oc3ccc(NO)cc3)OC(CO)[C@H]2O)CCC1O. The van der Waals surface area contributed by atoms with Crippen LogP contribution in [-0.4, -0.2) is 81.9 Å². The van der Waals surface area contributed by atoms with Crippen LogP contribution in [0.1, 0.15) is 19.3 Å². The number of hydrogen-bond donors (Lipinski definition) is 6. The molecule has 2 aliphatic heterocycles. The largest absolute Gasteiger partial charge is 0.465 e. The van der Waals surface area contributed by atoms with Crippen molar-refractivity contribution < 1.29 is 44.6 Å². The number of nitrogens with one attached hydrogen (secondary N) is 1. The van der Waals surface area contributed by atoms with Crippen molar-refractivity contribution in [2.75, 3.05) is 18.7 Å². The molecule has 1 aromatic rings. The quantitative estimate of drug-likeness (QED) is 0.332. The van der Waals surface area contributed by atoms with E-state index in [1.165, 1.54) is 0 Å². The van der Waals surface area contributed by atoms with Gasteiger partial charge in [0.1, 0.15) is 24.1 Å². The molecule has 0 saturated carbocycles. The summed E-state index contributed by atoms with van der Waals surface area (Å²) in [5.74, 6) is 0.480. The van der Waals surface area contributed by atoms with Gasteiger partial charge in [-0.15, -0.1) is 0 Å². The Kier molecular flexibility index (Phi) is 7.43. The van der Waals surface area contributed by atoms with Crippen molar-refractivity contribution in [3.8, 4) is 5.75 Å². The lowest BCUT2D eigenvalue weighted by molar-refractivity contribution is -0.295. The van der Waals surface area contributed by atoms with E-state index in [-0.39, 0.29) is 13.0 Å². The molecular formula is C18H27NO9. The van der Waals surface area contributed by atoms with Crippen LogP contribution in [0.15, 0.2) is 24.3 Å². The van der Waals surface area contributed by atoms with Crippen LogP contribution in [0, 0.1) is 0 Å². The molecule has 0 bridgehead atoms. The molecule has 158 valence electrons. The zero-order valence-electron chi connectivity index (χ0n) is 15.3. The maximum atomic E-state index is 10.4. The minimum absolute atomic E-state index is 0.184. The monoisotopic (exact) mass is 401 g/mol. The van der Waals surface area contributed by atoms with Crippen LogP contribution in [0.2, 0.25) is 0 Å². The first-order valence-electron chi connectivity index (χ1n) is 9.25. The maximum Gasteiger partial charge on any atom is 0.202 e. The molecule has 0 spiro atoms. The average molecular weight is 401 g/mol. The van der Waals surface area contributed by atoms with E-state index in [9.17, 15) is 20.4 Å². The molecule has 2 aliphatic rings. The lowest BCUT2D eigenvalue weighted by Crippen LogP contribution is -2.54. The summed E-state index contributed by atoms with van der Waals surface area (Å²) in [6, 6.07) is 6.49. The van der Waals surface area contributed by atoms with Gasteiger partial charge in [-0.25, -0.2) is 0 Å². The van der Waals surface area contributed by atoms with E-state index in [1.807, 2.05) is 5.48 Å². The summed E-state index contributed by atoms with van der Waals surface area (Å²) >= 11 is 0. The summed E-state index contributed by atoms with van der Waals surface area (Å²) in [6.07, 6.45) is -4.69. The van der Waals surface area contributed by atoms with E-state index >= 15 is 0 Å². The zero-order valence-corrected chi connectivity index (χ0v) is 15.3. The molecule has 6 N–H and O–H groups in total. The molecule has 28 heavy (non-hydrogen) atoms. The molecule has 7 atom stereocenters. The van der Waals surface area contributed by atoms with E-state index in [0.717, 1.165) is 0 Å². The summed E-state index contributed by atoms with van der Waals surface area (Å²) in [6.45, 7) is -0.751. The van der Waals surface area contributed by atoms with Gasteiger partial charge in [0.2, 0.25) is 6.29 Å². The number of aliphatic hydroxyl groups excluding tert-OH is 4. The van der Waals surface area contributed by atoms with Gasteiger partial charge in [-0.05, 0) is 30.7 Å². The van der Waals surface area contributed by atoms with Crippen molar-refractivity contribution in [2.24, 2.45) is 0 Å². The first-order chi connectivity index (χ1) is 13.5. The standard InChI is InChI=1S/C18H27NO9/c20-8-14-12(22)5-6-16(27-14)26-13-7-17(28-15(9-21)18(13)23)25-11-3-1-10(19-24)2-4-11/h1-4,12-24H,5-9H2/t12?,13?,14?,15?,16?,17-,18-/m0/s1. The van der Waals surface area contributed by atoms with Crippen LogP contribution >= 0.6 is 0 Å². The zero-order chi connectivity index (χ0) is 20.1. The number of anilines is 1. The molecule has 1 aromatic carbocycles. The second-order valence-corrected chi connectivity index (χ2v) is 6.87. The van der Waals surface area contributed by atoms with Crippen molar-refractivity contribution in [1.29, 1.82) is 0 Å². The van der Waals surface area contributed by atoms with Crippen molar-refractivity contribution >= 4 is 5.69 Å². The predicted octanol–water partition coefficient (Wildman–Crippen LogP) is -0.422. The highest BCUT2D eigenvalue weighted by Crippen LogP contribution is 2.29. The van der Waals surface area contributed by atoms with Crippen LogP contribution in [0.3, 0.4) is 0 Å². The van der Waals surface area contributed by atoms with Gasteiger partial charge in [0.15, 0.2) is 6.29 Å². The summed E-state index contributed by atoms with van der Waals surface area (Å²) in [4.78, 5) is 0. The fraction of sp³-hybridized carbons (Fsp3) is 0.667. The van der Waals surface area contributed by atoms with Gasteiger partial charge >= 0.3 is 0 Å². The Morgan fingerprint density at radius 3 is 2.29 bits per heavy atom. The number of rotatable bonds is 7. The summed E-state index contributed by atoms with van der Waals surface area (Å²) < 4.78 is 22.7. The Labute approximate surface area is 162 Å². The van der Waals surface area contributed by atoms with Crippen molar-refractivity contribution in [3.63, 3.8) is 0 Å². The fourth-order valence-corrected chi connectivity index (χ4v) is 3.33. The molecular weight excluding hydrogens is 374 g/mol. The van der Waals surface area contributed by atoms with E-state index in [4.69, 9.17) is 24.2 Å². The first-order valence-corrected chi connectivity index (χ1v) is 9.25. The van der Waals surface area contributed by atoms with Gasteiger partial charge in [0.05, 0.1) is 31.1 Å². The van der Waals surface area contributed by atoms with E-state index in [2.05, 4.69) is 0 Å². The Morgan fingerprint density at radius 2 is 1.64 bits per heavy atom. The van der Waals surface area contributed by atoms with Crippen LogP contribution in [0.5, 0.6) is 5.75 Å². The third-order valence-corrected chi connectivity index (χ3v) is 4.90. The van der Waals surface area contributed by atoms with Crippen LogP contribution in [-0.2, 0) is 14.2 Å². The molecule has 0 radical (unpaired) electrons. The topological polar surface area (TPSA) is 150 Å². The highest BCUT2D eigenvalue weighted by molar-refractivity contribution is 5.44. The fourth-order valence-electron chi connectivity index (χ4n) is 3.33. The van der Waals surface area contributed by atoms with Gasteiger partial charge < -0.3 is 39.4 Å². The average Bonchev–Trinajstić information content (AvgIpc) is 2.72. The van der Waals surface area contributed by atoms with Crippen LogP contribution in [0.4, 0.5) is 5.69 Å². The highest BCUT2D eigenvalue weighted by Gasteiger charge is 2.41. The molecule has 3 rings (SSSR count). The Balaban J connectivity index is 1.62. The van der Waals surface area contributed by atoms with Gasteiger partial charge in [-0.3, -0.25) is 10.7 Å². The van der Waals surface area contributed by atoms with Crippen LogP contribution < -0.4 is 10.2 Å². The highest BCUT2D eigenvalue weighted by atomic mass is 16.7. The predicted molar refractivity (Wildman–Crippen MR) is 94.7 cm³/mol. The molecule has 10 nitrogen and oxygen atoms in total. The third-order valence-electron chi connectivity index (χ3n) is 4.90. The number of ether oxygens (including phenoxy) is 4. The maximum absolute atomic E-state index is 10.4. The smallest absolute Gasteiger partial charge is 0.202 e. The van der Waals surface area contributed by atoms with Crippen molar-refractivity contribution in [3.05, 3.63) is 24.3 Å². The molecule has 0 aliphatic carbocycles. The Morgan fingerprint density at radius 1 is 0.964 bits per heavy atom. The molecule has 5 unspecified atom stereocenters. The lowest BCUT2D eigenvalue weighted by atomic mass is 10.0. The van der Waals surface area contributed by atoms with Crippen LogP contribution in [0.25, 0.3) is 0 Å². The summed E-state index contributed by atoms with van der Waals surface area (Å²) in [7, 11) is 0. The van der Waals surface area contributed by atoms with Gasteiger partial charge in [-0.2, -0.15) is 0 Å². The molecule has 0 amide bonds. The summed E-state index contributed by atoms with van der Waals surface area (Å²) in [5.41, 5.74) is 2.52. The minimum atomic E-state index is -1.09. The van der Waals surface area contributed by atoms with E-state index < -0.39 is 49.7 Å². The molecule has 0 aromatic heterocycles. The molecule has 10 heteroatoms. The third kappa shape index (κ3) is 5.10.